The topological polar surface area (TPSA) is 81.4 Å². The van der Waals surface area contributed by atoms with E-state index in [0.717, 1.165) is 26.7 Å². The minimum Gasteiger partial charge on any atom is -0.494 e. The molecule has 6 nitrogen and oxygen atoms in total. The predicted molar refractivity (Wildman–Crippen MR) is 126 cm³/mol. The molecule has 0 saturated carbocycles. The monoisotopic (exact) mass is 448 g/mol. The lowest BCUT2D eigenvalue weighted by atomic mass is 10.1. The van der Waals surface area contributed by atoms with Crippen molar-refractivity contribution in [2.75, 3.05) is 6.61 Å². The Bertz CT molecular complexity index is 1310. The summed E-state index contributed by atoms with van der Waals surface area (Å²) in [5.74, 6) is 0.384. The van der Waals surface area contributed by atoms with Gasteiger partial charge in [-0.3, -0.25) is 9.36 Å². The molecule has 0 aliphatic heterocycles. The van der Waals surface area contributed by atoms with Crippen LogP contribution in [0, 0.1) is 13.8 Å². The summed E-state index contributed by atoms with van der Waals surface area (Å²) in [5.41, 5.74) is 2.31. The second-order valence-corrected chi connectivity index (χ2v) is 8.85. The van der Waals surface area contributed by atoms with Gasteiger partial charge in [-0.05, 0) is 55.7 Å². The molecule has 0 unspecified atom stereocenters. The van der Waals surface area contributed by atoms with Crippen molar-refractivity contribution in [1.29, 1.82) is 0 Å². The van der Waals surface area contributed by atoms with Gasteiger partial charge in [0.25, 0.3) is 5.56 Å². The van der Waals surface area contributed by atoms with E-state index in [4.69, 9.17) is 14.8 Å². The van der Waals surface area contributed by atoms with Gasteiger partial charge in [-0.25, -0.2) is 9.78 Å². The molecule has 0 aliphatic rings. The minimum absolute atomic E-state index is 0.00593. The molecule has 32 heavy (non-hydrogen) atoms. The van der Waals surface area contributed by atoms with Crippen molar-refractivity contribution in [3.63, 3.8) is 0 Å². The average molecular weight is 449 g/mol. The Morgan fingerprint density at radius 1 is 1.09 bits per heavy atom. The molecule has 0 radical (unpaired) electrons. The summed E-state index contributed by atoms with van der Waals surface area (Å²) in [5, 5.41) is 9.69. The fourth-order valence-electron chi connectivity index (χ4n) is 3.62. The summed E-state index contributed by atoms with van der Waals surface area (Å²) in [6.07, 6.45) is 1.21. The number of benzene rings is 2. The molecule has 0 fully saturated rings. The molecule has 4 rings (SSSR count). The highest BCUT2D eigenvalue weighted by Gasteiger charge is 2.16. The summed E-state index contributed by atoms with van der Waals surface area (Å²) in [6.45, 7) is 4.89. The van der Waals surface area contributed by atoms with Crippen LogP contribution in [-0.4, -0.2) is 27.2 Å². The van der Waals surface area contributed by atoms with Crippen LogP contribution in [-0.2, 0) is 13.0 Å². The van der Waals surface area contributed by atoms with Crippen LogP contribution in [0.1, 0.15) is 38.6 Å². The number of nitrogens with zero attached hydrogens (tertiary/aromatic N) is 2. The smallest absolute Gasteiger partial charge is 0.335 e. The van der Waals surface area contributed by atoms with E-state index in [1.54, 1.807) is 28.0 Å². The van der Waals surface area contributed by atoms with E-state index in [1.165, 1.54) is 12.1 Å². The number of carboxylic acids is 1. The Labute approximate surface area is 189 Å². The molecule has 4 aromatic rings. The number of aryl methyl sites for hydroxylation is 2. The highest BCUT2D eigenvalue weighted by molar-refractivity contribution is 7.18. The van der Waals surface area contributed by atoms with E-state index in [0.29, 0.717) is 37.1 Å². The van der Waals surface area contributed by atoms with Crippen molar-refractivity contribution in [1.82, 2.24) is 9.55 Å². The van der Waals surface area contributed by atoms with Crippen LogP contribution < -0.4 is 10.3 Å². The summed E-state index contributed by atoms with van der Waals surface area (Å²) in [6, 6.07) is 16.3. The Balaban J connectivity index is 1.55. The molecule has 2 aromatic carbocycles. The van der Waals surface area contributed by atoms with Crippen LogP contribution in [0.2, 0.25) is 0 Å². The molecule has 0 atom stereocenters. The predicted octanol–water partition coefficient (Wildman–Crippen LogP) is 4.83. The van der Waals surface area contributed by atoms with Gasteiger partial charge in [0.05, 0.1) is 17.6 Å². The van der Waals surface area contributed by atoms with Gasteiger partial charge >= 0.3 is 5.97 Å². The Morgan fingerprint density at radius 2 is 1.81 bits per heavy atom. The van der Waals surface area contributed by atoms with Crippen LogP contribution in [0.15, 0.2) is 59.4 Å². The number of carbonyl (C=O) groups is 1. The van der Waals surface area contributed by atoms with Crippen LogP contribution in [0.4, 0.5) is 0 Å². The van der Waals surface area contributed by atoms with Gasteiger partial charge in [0.15, 0.2) is 0 Å². The molecule has 0 bridgehead atoms. The SMILES string of the molecule is Cc1sc2nc(Cc3ccccc3)n(CCCOc3ccc(C(=O)O)cc3)c(=O)c2c1C. The third kappa shape index (κ3) is 4.57. The Kier molecular flexibility index (Phi) is 6.37. The van der Waals surface area contributed by atoms with Crippen molar-refractivity contribution in [3.05, 3.63) is 92.3 Å². The van der Waals surface area contributed by atoms with Gasteiger partial charge in [-0.2, -0.15) is 0 Å². The van der Waals surface area contributed by atoms with Crippen LogP contribution in [0.3, 0.4) is 0 Å². The first kappa shape index (κ1) is 21.8. The zero-order chi connectivity index (χ0) is 22.7. The fourth-order valence-corrected chi connectivity index (χ4v) is 4.66. The van der Waals surface area contributed by atoms with Gasteiger partial charge in [0.1, 0.15) is 16.4 Å². The second-order valence-electron chi connectivity index (χ2n) is 7.64. The number of rotatable bonds is 8. The number of ether oxygens (including phenoxy) is 1. The molecule has 0 spiro atoms. The lowest BCUT2D eigenvalue weighted by molar-refractivity contribution is 0.0697. The summed E-state index contributed by atoms with van der Waals surface area (Å²) < 4.78 is 7.52. The molecule has 0 saturated heterocycles. The second kappa shape index (κ2) is 9.36. The number of thiophene rings is 1. The van der Waals surface area contributed by atoms with E-state index in [2.05, 4.69) is 0 Å². The summed E-state index contributed by atoms with van der Waals surface area (Å²) >= 11 is 1.56. The van der Waals surface area contributed by atoms with Crippen molar-refractivity contribution in [2.24, 2.45) is 0 Å². The van der Waals surface area contributed by atoms with Crippen LogP contribution in [0.25, 0.3) is 10.2 Å². The zero-order valence-electron chi connectivity index (χ0n) is 18.0. The number of aromatic nitrogens is 2. The first-order valence-electron chi connectivity index (χ1n) is 10.4. The molecule has 164 valence electrons. The molecule has 1 N–H and O–H groups in total. The van der Waals surface area contributed by atoms with E-state index in [1.807, 2.05) is 44.2 Å². The number of aromatic carboxylic acids is 1. The normalized spacial score (nSPS) is 11.1. The maximum absolute atomic E-state index is 13.4. The van der Waals surface area contributed by atoms with E-state index in [-0.39, 0.29) is 11.1 Å². The van der Waals surface area contributed by atoms with Crippen molar-refractivity contribution < 1.29 is 14.6 Å². The number of fused-ring (bicyclic) bond motifs is 1. The third-order valence-corrected chi connectivity index (χ3v) is 6.57. The Hall–Kier alpha value is -3.45. The standard InChI is InChI=1S/C25H24N2O4S/c1-16-17(2)32-23-22(16)24(28)27(21(26-23)15-18-7-4-3-5-8-18)13-6-14-31-20-11-9-19(10-12-20)25(29)30/h3-5,7-12H,6,13-15H2,1-2H3,(H,29,30). The first-order valence-corrected chi connectivity index (χ1v) is 11.2. The van der Waals surface area contributed by atoms with E-state index < -0.39 is 5.97 Å². The molecule has 2 aromatic heterocycles. The lowest BCUT2D eigenvalue weighted by Crippen LogP contribution is -2.26. The third-order valence-electron chi connectivity index (χ3n) is 5.47. The average Bonchev–Trinajstić information content (AvgIpc) is 3.07. The van der Waals surface area contributed by atoms with Crippen LogP contribution in [0.5, 0.6) is 5.75 Å². The first-order chi connectivity index (χ1) is 15.4. The number of carboxylic acid groups (broad SMARTS) is 1. The largest absolute Gasteiger partial charge is 0.494 e. The fraction of sp³-hybridized carbons (Fsp3) is 0.240. The van der Waals surface area contributed by atoms with Crippen LogP contribution >= 0.6 is 11.3 Å². The summed E-state index contributed by atoms with van der Waals surface area (Å²) in [7, 11) is 0. The Morgan fingerprint density at radius 3 is 2.50 bits per heavy atom. The van der Waals surface area contributed by atoms with Crippen molar-refractivity contribution in [3.8, 4) is 5.75 Å². The highest BCUT2D eigenvalue weighted by atomic mass is 32.1. The van der Waals surface area contributed by atoms with Gasteiger partial charge in [-0.1, -0.05) is 30.3 Å². The van der Waals surface area contributed by atoms with Gasteiger partial charge in [0, 0.05) is 17.8 Å². The molecule has 2 heterocycles. The van der Waals surface area contributed by atoms with Crippen molar-refractivity contribution >= 4 is 27.5 Å². The lowest BCUT2D eigenvalue weighted by Gasteiger charge is -2.13. The van der Waals surface area contributed by atoms with E-state index in [9.17, 15) is 9.59 Å². The van der Waals surface area contributed by atoms with E-state index >= 15 is 0 Å². The molecular weight excluding hydrogens is 424 g/mol. The highest BCUT2D eigenvalue weighted by Crippen LogP contribution is 2.26. The maximum atomic E-state index is 13.4. The maximum Gasteiger partial charge on any atom is 0.335 e. The quantitative estimate of drug-likeness (QED) is 0.390. The molecule has 0 amide bonds. The number of hydrogen-bond acceptors (Lipinski definition) is 5. The molecule has 7 heteroatoms. The molecular formula is C25H24N2O4S. The molecule has 0 aliphatic carbocycles. The summed E-state index contributed by atoms with van der Waals surface area (Å²) in [4.78, 5) is 31.1. The zero-order valence-corrected chi connectivity index (χ0v) is 18.8. The van der Waals surface area contributed by atoms with Crippen molar-refractivity contribution in [2.45, 2.75) is 33.2 Å². The van der Waals surface area contributed by atoms with Gasteiger partial charge in [0.2, 0.25) is 0 Å². The van der Waals surface area contributed by atoms with Gasteiger partial charge in [-0.15, -0.1) is 11.3 Å². The van der Waals surface area contributed by atoms with Gasteiger partial charge < -0.3 is 9.84 Å². The number of hydrogen-bond donors (Lipinski definition) is 1. The minimum atomic E-state index is -0.969.